The van der Waals surface area contributed by atoms with Crippen LogP contribution in [0.4, 0.5) is 0 Å². The van der Waals surface area contributed by atoms with E-state index in [-0.39, 0.29) is 23.9 Å². The molecule has 0 saturated carbocycles. The highest BCUT2D eigenvalue weighted by Gasteiger charge is 2.40. The van der Waals surface area contributed by atoms with Gasteiger partial charge in [-0.1, -0.05) is 50.3 Å². The molecule has 2 atom stereocenters. The number of rotatable bonds is 3. The highest BCUT2D eigenvalue weighted by Crippen LogP contribution is 2.37. The molecule has 0 aliphatic carbocycles. The van der Waals surface area contributed by atoms with Gasteiger partial charge in [-0.25, -0.2) is 4.79 Å². The molecule has 1 saturated heterocycles. The van der Waals surface area contributed by atoms with Crippen LogP contribution in [0.2, 0.25) is 0 Å². The minimum atomic E-state index is -0.204. The van der Waals surface area contributed by atoms with Gasteiger partial charge in [-0.05, 0) is 24.0 Å². The number of cyclic esters (lactones) is 1. The van der Waals surface area contributed by atoms with Crippen molar-refractivity contribution in [2.45, 2.75) is 26.9 Å². The second-order valence-corrected chi connectivity index (χ2v) is 5.28. The summed E-state index contributed by atoms with van der Waals surface area (Å²) in [4.78, 5) is 12.1. The summed E-state index contributed by atoms with van der Waals surface area (Å²) in [5.41, 5.74) is 2.80. The summed E-state index contributed by atoms with van der Waals surface area (Å²) >= 11 is 0. The summed E-state index contributed by atoms with van der Waals surface area (Å²) in [6, 6.07) is 9.94. The van der Waals surface area contributed by atoms with E-state index in [4.69, 9.17) is 4.74 Å². The molecule has 19 heavy (non-hydrogen) atoms. The average Bonchev–Trinajstić information content (AvgIpc) is 2.76. The van der Waals surface area contributed by atoms with E-state index in [9.17, 15) is 4.79 Å². The summed E-state index contributed by atoms with van der Waals surface area (Å²) in [5, 5.41) is 0. The lowest BCUT2D eigenvalue weighted by atomic mass is 9.86. The first-order chi connectivity index (χ1) is 9.06. The van der Waals surface area contributed by atoms with Crippen LogP contribution < -0.4 is 0 Å². The molecule has 0 amide bonds. The van der Waals surface area contributed by atoms with E-state index in [2.05, 4.69) is 20.4 Å². The van der Waals surface area contributed by atoms with Crippen molar-refractivity contribution in [1.82, 2.24) is 0 Å². The van der Waals surface area contributed by atoms with Crippen molar-refractivity contribution in [3.8, 4) is 0 Å². The highest BCUT2D eigenvalue weighted by molar-refractivity contribution is 6.00. The maximum Gasteiger partial charge on any atom is 0.335 e. The van der Waals surface area contributed by atoms with Crippen LogP contribution in [0, 0.1) is 11.8 Å². The van der Waals surface area contributed by atoms with Gasteiger partial charge in [0.2, 0.25) is 0 Å². The molecule has 1 aliphatic heterocycles. The van der Waals surface area contributed by atoms with Crippen LogP contribution in [0.5, 0.6) is 0 Å². The molecular weight excluding hydrogens is 236 g/mol. The largest absolute Gasteiger partial charge is 0.458 e. The van der Waals surface area contributed by atoms with E-state index < -0.39 is 0 Å². The summed E-state index contributed by atoms with van der Waals surface area (Å²) in [7, 11) is 0. The second kappa shape index (κ2) is 5.43. The molecule has 1 aromatic carbocycles. The normalized spacial score (nSPS) is 25.4. The zero-order valence-electron chi connectivity index (χ0n) is 11.7. The smallest absolute Gasteiger partial charge is 0.335 e. The van der Waals surface area contributed by atoms with Gasteiger partial charge in [0.15, 0.2) is 0 Å². The van der Waals surface area contributed by atoms with Gasteiger partial charge in [-0.3, -0.25) is 0 Å². The molecule has 0 aromatic heterocycles. The Kier molecular flexibility index (Phi) is 3.89. The number of hydrogen-bond acceptors (Lipinski definition) is 2. The molecular formula is C17H20O2. The predicted molar refractivity (Wildman–Crippen MR) is 77.4 cm³/mol. The number of carbonyl (C=O) groups excluding carboxylic acids is 1. The first-order valence-electron chi connectivity index (χ1n) is 6.66. The number of benzene rings is 1. The van der Waals surface area contributed by atoms with Gasteiger partial charge in [0.25, 0.3) is 0 Å². The molecule has 0 N–H and O–H groups in total. The SMILES string of the molecule is C=C[C@@H]1/C(=C(\C)c2ccccc2)C(=O)O[C@@H]1C(C)C. The Labute approximate surface area is 114 Å². The Morgan fingerprint density at radius 1 is 1.32 bits per heavy atom. The van der Waals surface area contributed by atoms with Crippen molar-refractivity contribution in [3.63, 3.8) is 0 Å². The molecule has 2 rings (SSSR count). The third-order valence-electron chi connectivity index (χ3n) is 3.67. The van der Waals surface area contributed by atoms with Crippen molar-refractivity contribution in [3.05, 3.63) is 54.1 Å². The van der Waals surface area contributed by atoms with Crippen molar-refractivity contribution < 1.29 is 9.53 Å². The summed E-state index contributed by atoms with van der Waals surface area (Å²) in [6.07, 6.45) is 1.73. The second-order valence-electron chi connectivity index (χ2n) is 5.28. The number of hydrogen-bond donors (Lipinski definition) is 0. The molecule has 0 unspecified atom stereocenters. The Bertz CT molecular complexity index is 511. The van der Waals surface area contributed by atoms with Gasteiger partial charge in [-0.2, -0.15) is 0 Å². The monoisotopic (exact) mass is 256 g/mol. The third kappa shape index (κ3) is 2.48. The van der Waals surface area contributed by atoms with Gasteiger partial charge in [0.05, 0.1) is 5.57 Å². The fraction of sp³-hybridized carbons (Fsp3) is 0.353. The predicted octanol–water partition coefficient (Wildman–Crippen LogP) is 3.84. The van der Waals surface area contributed by atoms with E-state index in [0.717, 1.165) is 16.7 Å². The molecule has 2 heteroatoms. The maximum atomic E-state index is 12.1. The lowest BCUT2D eigenvalue weighted by Gasteiger charge is -2.18. The molecule has 1 aliphatic rings. The minimum absolute atomic E-state index is 0.0206. The Morgan fingerprint density at radius 2 is 1.95 bits per heavy atom. The standard InChI is InChI=1S/C17H20O2/c1-5-14-15(17(18)19-16(14)11(2)3)12(4)13-9-7-6-8-10-13/h5-11,14,16H,1H2,2-4H3/b15-12-/t14-,16-/m1/s1. The van der Waals surface area contributed by atoms with Gasteiger partial charge >= 0.3 is 5.97 Å². The van der Waals surface area contributed by atoms with E-state index in [1.165, 1.54) is 0 Å². The van der Waals surface area contributed by atoms with E-state index >= 15 is 0 Å². The highest BCUT2D eigenvalue weighted by atomic mass is 16.6. The van der Waals surface area contributed by atoms with Crippen LogP contribution in [-0.4, -0.2) is 12.1 Å². The Balaban J connectivity index is 2.48. The van der Waals surface area contributed by atoms with Crippen LogP contribution in [-0.2, 0) is 9.53 Å². The first-order valence-corrected chi connectivity index (χ1v) is 6.66. The van der Waals surface area contributed by atoms with Crippen LogP contribution in [0.3, 0.4) is 0 Å². The third-order valence-corrected chi connectivity index (χ3v) is 3.67. The number of ether oxygens (including phenoxy) is 1. The molecule has 100 valence electrons. The molecule has 0 radical (unpaired) electrons. The summed E-state index contributed by atoms with van der Waals surface area (Å²) in [5.74, 6) is 0.0608. The van der Waals surface area contributed by atoms with E-state index in [1.54, 1.807) is 0 Å². The van der Waals surface area contributed by atoms with Crippen molar-refractivity contribution in [2.75, 3.05) is 0 Å². The lowest BCUT2D eigenvalue weighted by molar-refractivity contribution is -0.140. The number of carbonyl (C=O) groups is 1. The van der Waals surface area contributed by atoms with Crippen LogP contribution in [0.15, 0.2) is 48.6 Å². The summed E-state index contributed by atoms with van der Waals surface area (Å²) in [6.45, 7) is 9.98. The quantitative estimate of drug-likeness (QED) is 0.466. The van der Waals surface area contributed by atoms with Crippen molar-refractivity contribution in [1.29, 1.82) is 0 Å². The number of allylic oxidation sites excluding steroid dienone is 1. The Hall–Kier alpha value is -1.83. The average molecular weight is 256 g/mol. The van der Waals surface area contributed by atoms with Crippen LogP contribution >= 0.6 is 0 Å². The van der Waals surface area contributed by atoms with Crippen molar-refractivity contribution >= 4 is 11.5 Å². The fourth-order valence-corrected chi connectivity index (χ4v) is 2.61. The van der Waals surface area contributed by atoms with Crippen molar-refractivity contribution in [2.24, 2.45) is 11.8 Å². The minimum Gasteiger partial charge on any atom is -0.458 e. The topological polar surface area (TPSA) is 26.3 Å². The number of esters is 1. The molecule has 0 bridgehead atoms. The van der Waals surface area contributed by atoms with E-state index in [0.29, 0.717) is 0 Å². The van der Waals surface area contributed by atoms with Gasteiger partial charge < -0.3 is 4.74 Å². The van der Waals surface area contributed by atoms with Gasteiger partial charge in [-0.15, -0.1) is 6.58 Å². The zero-order valence-corrected chi connectivity index (χ0v) is 11.7. The lowest BCUT2D eigenvalue weighted by Crippen LogP contribution is -2.21. The molecule has 1 heterocycles. The maximum absolute atomic E-state index is 12.1. The first kappa shape index (κ1) is 13.6. The van der Waals surface area contributed by atoms with Gasteiger partial charge in [0, 0.05) is 5.92 Å². The molecule has 1 aromatic rings. The molecule has 1 fully saturated rings. The summed E-state index contributed by atoms with van der Waals surface area (Å²) < 4.78 is 5.51. The fourth-order valence-electron chi connectivity index (χ4n) is 2.61. The molecule has 2 nitrogen and oxygen atoms in total. The van der Waals surface area contributed by atoms with Crippen LogP contribution in [0.25, 0.3) is 5.57 Å². The molecule has 0 spiro atoms. The van der Waals surface area contributed by atoms with Crippen LogP contribution in [0.1, 0.15) is 26.3 Å². The van der Waals surface area contributed by atoms with E-state index in [1.807, 2.05) is 43.3 Å². The Morgan fingerprint density at radius 3 is 2.47 bits per heavy atom. The van der Waals surface area contributed by atoms with Gasteiger partial charge in [0.1, 0.15) is 6.10 Å². The zero-order chi connectivity index (χ0) is 14.0.